The van der Waals surface area contributed by atoms with E-state index in [1.807, 2.05) is 0 Å². The fraction of sp³-hybridized carbons (Fsp3) is 0.500. The van der Waals surface area contributed by atoms with Crippen molar-refractivity contribution in [2.24, 2.45) is 11.7 Å². The minimum absolute atomic E-state index is 0.0751. The first kappa shape index (κ1) is 20.0. The zero-order valence-corrected chi connectivity index (χ0v) is 13.6. The van der Waals surface area contributed by atoms with Gasteiger partial charge in [-0.2, -0.15) is 13.2 Å². The van der Waals surface area contributed by atoms with Gasteiger partial charge in [0.05, 0.1) is 5.56 Å². The van der Waals surface area contributed by atoms with Crippen molar-refractivity contribution in [3.63, 3.8) is 0 Å². The topological polar surface area (TPSA) is 89.6 Å². The van der Waals surface area contributed by atoms with Crippen LogP contribution in [0.5, 0.6) is 0 Å². The van der Waals surface area contributed by atoms with Crippen molar-refractivity contribution < 1.29 is 32.6 Å². The number of rotatable bonds is 5. The second-order valence-electron chi connectivity index (χ2n) is 6.41. The van der Waals surface area contributed by atoms with Crippen LogP contribution < -0.4 is 5.73 Å². The van der Waals surface area contributed by atoms with Gasteiger partial charge in [0.15, 0.2) is 5.92 Å². The zero-order valence-electron chi connectivity index (χ0n) is 13.6. The Kier molecular flexibility index (Phi) is 5.99. The van der Waals surface area contributed by atoms with Gasteiger partial charge in [-0.05, 0) is 44.9 Å². The molecule has 0 heterocycles. The highest BCUT2D eigenvalue weighted by molar-refractivity contribution is 5.95. The molecular formula is C16H20F3NO4. The molecule has 0 aliphatic heterocycles. The average Bonchev–Trinajstić information content (AvgIpc) is 2.35. The van der Waals surface area contributed by atoms with Crippen LogP contribution in [0.4, 0.5) is 13.2 Å². The molecule has 0 amide bonds. The van der Waals surface area contributed by atoms with E-state index in [1.165, 1.54) is 12.1 Å². The number of ether oxygens (including phenoxy) is 1. The Bertz CT molecular complexity index is 591. The third-order valence-electron chi connectivity index (χ3n) is 3.11. The van der Waals surface area contributed by atoms with Crippen molar-refractivity contribution in [2.75, 3.05) is 0 Å². The smallest absolute Gasteiger partial charge is 0.416 e. The monoisotopic (exact) mass is 347 g/mol. The molecule has 0 bridgehead atoms. The number of benzene rings is 1. The summed E-state index contributed by atoms with van der Waals surface area (Å²) in [5, 5.41) is 9.21. The molecule has 1 aromatic carbocycles. The maximum Gasteiger partial charge on any atom is 0.416 e. The number of carboxylic acid groups (broad SMARTS) is 1. The molecule has 1 aromatic rings. The number of esters is 1. The predicted octanol–water partition coefficient (Wildman–Crippen LogP) is 2.62. The van der Waals surface area contributed by atoms with Crippen LogP contribution >= 0.6 is 0 Å². The first-order valence-corrected chi connectivity index (χ1v) is 7.18. The maximum absolute atomic E-state index is 12.5. The van der Waals surface area contributed by atoms with Crippen LogP contribution in [0, 0.1) is 5.92 Å². The van der Waals surface area contributed by atoms with Gasteiger partial charge in [-0.3, -0.25) is 9.59 Å². The number of hydrogen-bond donors (Lipinski definition) is 2. The molecule has 1 rings (SSSR count). The molecule has 2 atom stereocenters. The van der Waals surface area contributed by atoms with Crippen molar-refractivity contribution in [1.82, 2.24) is 0 Å². The van der Waals surface area contributed by atoms with Crippen molar-refractivity contribution in [1.29, 1.82) is 0 Å². The van der Waals surface area contributed by atoms with Crippen molar-refractivity contribution >= 4 is 11.9 Å². The summed E-state index contributed by atoms with van der Waals surface area (Å²) in [6.07, 6.45) is -4.53. The second kappa shape index (κ2) is 7.21. The number of nitrogens with two attached hydrogens (primary N) is 1. The molecule has 0 radical (unpaired) electrons. The lowest BCUT2D eigenvalue weighted by Gasteiger charge is -2.25. The van der Waals surface area contributed by atoms with Gasteiger partial charge in [0, 0.05) is 6.04 Å². The summed E-state index contributed by atoms with van der Waals surface area (Å²) in [7, 11) is 0. The third kappa shape index (κ3) is 5.84. The Labute approximate surface area is 137 Å². The summed E-state index contributed by atoms with van der Waals surface area (Å²) in [5.41, 5.74) is 4.49. The molecule has 1 unspecified atom stereocenters. The molecule has 0 fully saturated rings. The number of carboxylic acids is 1. The van der Waals surface area contributed by atoms with Gasteiger partial charge in [-0.1, -0.05) is 12.1 Å². The first-order valence-electron chi connectivity index (χ1n) is 7.18. The molecule has 0 aromatic heterocycles. The van der Waals surface area contributed by atoms with E-state index in [-0.39, 0.29) is 6.42 Å². The molecule has 5 nitrogen and oxygen atoms in total. The summed E-state index contributed by atoms with van der Waals surface area (Å²) < 4.78 is 42.6. The van der Waals surface area contributed by atoms with Crippen molar-refractivity contribution in [3.8, 4) is 0 Å². The lowest BCUT2D eigenvalue weighted by atomic mass is 9.93. The lowest BCUT2D eigenvalue weighted by molar-refractivity contribution is -0.167. The number of halogens is 3. The molecular weight excluding hydrogens is 327 g/mol. The number of aliphatic carboxylic acids is 1. The predicted molar refractivity (Wildman–Crippen MR) is 80.1 cm³/mol. The summed E-state index contributed by atoms with van der Waals surface area (Å²) in [5.74, 6) is -4.02. The van der Waals surface area contributed by atoms with Crippen molar-refractivity contribution in [2.45, 2.75) is 45.0 Å². The number of carbonyl (C=O) groups excluding carboxylic acids is 1. The van der Waals surface area contributed by atoms with Crippen LogP contribution in [-0.2, 0) is 26.9 Å². The molecule has 24 heavy (non-hydrogen) atoms. The van der Waals surface area contributed by atoms with Gasteiger partial charge in [0.25, 0.3) is 0 Å². The van der Waals surface area contributed by atoms with Crippen LogP contribution in [0.25, 0.3) is 0 Å². The summed E-state index contributed by atoms with van der Waals surface area (Å²) in [6.45, 7) is 4.77. The van der Waals surface area contributed by atoms with E-state index in [0.29, 0.717) is 5.56 Å². The van der Waals surface area contributed by atoms with Gasteiger partial charge >= 0.3 is 18.1 Å². The van der Waals surface area contributed by atoms with Gasteiger partial charge in [0.1, 0.15) is 5.60 Å². The Balaban J connectivity index is 2.88. The number of alkyl halides is 3. The van der Waals surface area contributed by atoms with Gasteiger partial charge in [-0.25, -0.2) is 0 Å². The fourth-order valence-electron chi connectivity index (χ4n) is 2.04. The highest BCUT2D eigenvalue weighted by Crippen LogP contribution is 2.29. The largest absolute Gasteiger partial charge is 0.481 e. The van der Waals surface area contributed by atoms with E-state index in [1.54, 1.807) is 20.8 Å². The summed E-state index contributed by atoms with van der Waals surface area (Å²) in [6, 6.07) is 3.04. The summed E-state index contributed by atoms with van der Waals surface area (Å²) in [4.78, 5) is 23.3. The molecule has 3 N–H and O–H groups in total. The van der Waals surface area contributed by atoms with E-state index in [0.717, 1.165) is 12.1 Å². The second-order valence-corrected chi connectivity index (χ2v) is 6.41. The molecule has 134 valence electrons. The minimum atomic E-state index is -4.46. The average molecular weight is 347 g/mol. The normalized spacial score (nSPS) is 14.8. The quantitative estimate of drug-likeness (QED) is 0.631. The van der Waals surface area contributed by atoms with E-state index >= 15 is 0 Å². The van der Waals surface area contributed by atoms with E-state index < -0.39 is 41.2 Å². The van der Waals surface area contributed by atoms with Crippen LogP contribution in [0.15, 0.2) is 24.3 Å². The Hall–Kier alpha value is -2.09. The molecule has 0 aliphatic rings. The van der Waals surface area contributed by atoms with Crippen LogP contribution in [0.1, 0.15) is 31.9 Å². The van der Waals surface area contributed by atoms with Crippen molar-refractivity contribution in [3.05, 3.63) is 35.4 Å². The number of carbonyl (C=O) groups is 2. The van der Waals surface area contributed by atoms with Gasteiger partial charge < -0.3 is 15.6 Å². The molecule has 8 heteroatoms. The number of hydrogen-bond acceptors (Lipinski definition) is 4. The highest BCUT2D eigenvalue weighted by atomic mass is 19.4. The third-order valence-corrected chi connectivity index (χ3v) is 3.11. The highest BCUT2D eigenvalue weighted by Gasteiger charge is 2.36. The fourth-order valence-corrected chi connectivity index (χ4v) is 2.04. The minimum Gasteiger partial charge on any atom is -0.481 e. The first-order chi connectivity index (χ1) is 10.8. The van der Waals surface area contributed by atoms with Crippen LogP contribution in [0.2, 0.25) is 0 Å². The van der Waals surface area contributed by atoms with Gasteiger partial charge in [-0.15, -0.1) is 0 Å². The maximum atomic E-state index is 12.5. The van der Waals surface area contributed by atoms with Gasteiger partial charge in [0.2, 0.25) is 0 Å². The summed E-state index contributed by atoms with van der Waals surface area (Å²) >= 11 is 0. The SMILES string of the molecule is CC(C)(C)OC(=O)[C@@H](C(=O)O)C(N)Cc1ccc(C(F)(F)F)cc1. The van der Waals surface area contributed by atoms with Crippen LogP contribution in [-0.4, -0.2) is 28.7 Å². The Morgan fingerprint density at radius 2 is 1.67 bits per heavy atom. The molecule has 0 aliphatic carbocycles. The Morgan fingerprint density at radius 1 is 1.17 bits per heavy atom. The van der Waals surface area contributed by atoms with E-state index in [9.17, 15) is 27.9 Å². The standard InChI is InChI=1S/C16H20F3NO4/c1-15(2,3)24-14(23)12(13(21)22)11(20)8-9-4-6-10(7-5-9)16(17,18)19/h4-7,11-12H,8,20H2,1-3H3,(H,21,22)/t11?,12-/m1/s1. The lowest BCUT2D eigenvalue weighted by Crippen LogP contribution is -2.45. The van der Waals surface area contributed by atoms with E-state index in [2.05, 4.69) is 0 Å². The zero-order chi connectivity index (χ0) is 18.7. The Morgan fingerprint density at radius 3 is 2.04 bits per heavy atom. The van der Waals surface area contributed by atoms with E-state index in [4.69, 9.17) is 10.5 Å². The molecule has 0 saturated carbocycles. The molecule has 0 saturated heterocycles. The molecule has 0 spiro atoms. The van der Waals surface area contributed by atoms with Crippen LogP contribution in [0.3, 0.4) is 0 Å².